The van der Waals surface area contributed by atoms with Crippen molar-refractivity contribution in [3.05, 3.63) is 0 Å². The predicted octanol–water partition coefficient (Wildman–Crippen LogP) is 14.1. The third-order valence-corrected chi connectivity index (χ3v) is 9.60. The van der Waals surface area contributed by atoms with Gasteiger partial charge in [0.05, 0.1) is 0 Å². The van der Waals surface area contributed by atoms with Crippen LogP contribution < -0.4 is 0 Å². The van der Waals surface area contributed by atoms with Gasteiger partial charge < -0.3 is 14.2 Å². The van der Waals surface area contributed by atoms with Gasteiger partial charge in [-0.3, -0.25) is 0 Å². The number of halogens is 2. The molecule has 0 saturated heterocycles. The molecule has 0 aromatic carbocycles. The van der Waals surface area contributed by atoms with Crippen LogP contribution in [0.25, 0.3) is 0 Å². The van der Waals surface area contributed by atoms with Gasteiger partial charge in [0.2, 0.25) is 0 Å². The Labute approximate surface area is 293 Å². The quantitative estimate of drug-likeness (QED) is 0.0385. The van der Waals surface area contributed by atoms with E-state index in [4.69, 9.17) is 37.4 Å². The van der Waals surface area contributed by atoms with Crippen LogP contribution in [0.5, 0.6) is 0 Å². The molecular weight excluding hydrogens is 599 g/mol. The van der Waals surface area contributed by atoms with Crippen molar-refractivity contribution in [2.45, 2.75) is 220 Å². The van der Waals surface area contributed by atoms with E-state index in [2.05, 4.69) is 55.4 Å². The first-order valence-electron chi connectivity index (χ1n) is 19.7. The summed E-state index contributed by atoms with van der Waals surface area (Å²) < 4.78 is 19.6. The fourth-order valence-corrected chi connectivity index (χ4v) is 7.53. The minimum atomic E-state index is -0.176. The summed E-state index contributed by atoms with van der Waals surface area (Å²) in [5.74, 6) is 2.74. The molecule has 0 aliphatic rings. The summed E-state index contributed by atoms with van der Waals surface area (Å²) in [6.45, 7) is 19.8. The molecule has 5 heteroatoms. The Morgan fingerprint density at radius 1 is 0.400 bits per heavy atom. The Bertz CT molecular complexity index is 552. The predicted molar refractivity (Wildman–Crippen MR) is 201 cm³/mol. The highest BCUT2D eigenvalue weighted by Gasteiger charge is 2.20. The minimum Gasteiger partial charge on any atom is -0.353 e. The Kier molecular flexibility index (Phi) is 32.0. The number of alkyl halides is 2. The average Bonchev–Trinajstić information content (AvgIpc) is 2.94. The van der Waals surface area contributed by atoms with E-state index in [9.17, 15) is 0 Å². The van der Waals surface area contributed by atoms with Gasteiger partial charge in [0.25, 0.3) is 0 Å². The van der Waals surface area contributed by atoms with E-state index < -0.39 is 0 Å². The maximum Gasteiger partial charge on any atom is 0.160 e. The lowest BCUT2D eigenvalue weighted by atomic mass is 9.90. The van der Waals surface area contributed by atoms with Gasteiger partial charge in [-0.05, 0) is 102 Å². The average molecular weight is 680 g/mol. The smallest absolute Gasteiger partial charge is 0.160 e. The number of ether oxygens (including phenoxy) is 3. The van der Waals surface area contributed by atoms with Crippen molar-refractivity contribution < 1.29 is 14.2 Å². The van der Waals surface area contributed by atoms with Crippen molar-refractivity contribution in [1.82, 2.24) is 0 Å². The van der Waals surface area contributed by atoms with Gasteiger partial charge in [0, 0.05) is 24.0 Å². The summed E-state index contributed by atoms with van der Waals surface area (Å²) in [6.07, 6.45) is 26.2. The van der Waals surface area contributed by atoms with Crippen LogP contribution in [-0.4, -0.2) is 36.5 Å². The second kappa shape index (κ2) is 31.7. The van der Waals surface area contributed by atoms with E-state index in [-0.39, 0.29) is 23.3 Å². The molecule has 0 aromatic heterocycles. The number of hydrogen-bond donors (Lipinski definition) is 0. The van der Waals surface area contributed by atoms with Crippen molar-refractivity contribution >= 4 is 23.2 Å². The first kappa shape index (κ1) is 45.5. The Hall–Kier alpha value is 0.460. The highest BCUT2D eigenvalue weighted by Crippen LogP contribution is 2.26. The topological polar surface area (TPSA) is 27.7 Å². The molecule has 0 bridgehead atoms. The van der Waals surface area contributed by atoms with Crippen molar-refractivity contribution in [1.29, 1.82) is 0 Å². The molecular formula is C40H80Cl2O3. The Morgan fingerprint density at radius 3 is 1.11 bits per heavy atom. The third kappa shape index (κ3) is 31.5. The molecule has 8 unspecified atom stereocenters. The molecule has 0 N–H and O–H groups in total. The zero-order valence-electron chi connectivity index (χ0n) is 31.6. The lowest BCUT2D eigenvalue weighted by molar-refractivity contribution is -0.250. The third-order valence-electron chi connectivity index (χ3n) is 9.24. The van der Waals surface area contributed by atoms with Crippen LogP contribution in [0.2, 0.25) is 0 Å². The first-order valence-corrected chi connectivity index (χ1v) is 20.6. The van der Waals surface area contributed by atoms with E-state index in [1.807, 2.05) is 0 Å². The van der Waals surface area contributed by atoms with E-state index in [0.717, 1.165) is 64.6 Å². The van der Waals surface area contributed by atoms with Crippen LogP contribution in [0.4, 0.5) is 0 Å². The molecule has 0 radical (unpaired) electrons. The van der Waals surface area contributed by atoms with Crippen LogP contribution in [0, 0.1) is 23.7 Å². The minimum absolute atomic E-state index is 0.176. The van der Waals surface area contributed by atoms with Crippen molar-refractivity contribution in [2.24, 2.45) is 23.7 Å². The van der Waals surface area contributed by atoms with Gasteiger partial charge in [-0.15, -0.1) is 23.2 Å². The first-order chi connectivity index (χ1) is 21.6. The van der Waals surface area contributed by atoms with E-state index >= 15 is 0 Å². The van der Waals surface area contributed by atoms with Crippen LogP contribution in [0.1, 0.15) is 197 Å². The standard InChI is InChI=1S/C40H80Cl2O3/c1-9-11-13-15-17-19-27-43-39(25-21-23-33(3)29-35(5)31-37(7)41)45-40(44-28-20-18-16-14-12-10-2)26-22-24-34(4)30-36(6)32-38(8)42/h33-40H,9-32H2,1-8H3. The molecule has 272 valence electrons. The zero-order valence-corrected chi connectivity index (χ0v) is 33.1. The zero-order chi connectivity index (χ0) is 33.7. The van der Waals surface area contributed by atoms with Gasteiger partial charge >= 0.3 is 0 Å². The van der Waals surface area contributed by atoms with Gasteiger partial charge in [0.1, 0.15) is 0 Å². The summed E-state index contributed by atoms with van der Waals surface area (Å²) in [4.78, 5) is 0. The van der Waals surface area contributed by atoms with Gasteiger partial charge in [-0.2, -0.15) is 0 Å². The summed E-state index contributed by atoms with van der Waals surface area (Å²) in [7, 11) is 0. The summed E-state index contributed by atoms with van der Waals surface area (Å²) in [6, 6.07) is 0. The normalized spacial score (nSPS) is 17.5. The molecule has 0 fully saturated rings. The monoisotopic (exact) mass is 679 g/mol. The highest BCUT2D eigenvalue weighted by atomic mass is 35.5. The maximum atomic E-state index is 6.69. The van der Waals surface area contributed by atoms with Crippen molar-refractivity contribution in [3.63, 3.8) is 0 Å². The lowest BCUT2D eigenvalue weighted by Crippen LogP contribution is -2.28. The summed E-state index contributed by atoms with van der Waals surface area (Å²) in [5.41, 5.74) is 0. The second-order valence-corrected chi connectivity index (χ2v) is 16.5. The van der Waals surface area contributed by atoms with Gasteiger partial charge in [-0.25, -0.2) is 0 Å². The van der Waals surface area contributed by atoms with Crippen molar-refractivity contribution in [3.8, 4) is 0 Å². The molecule has 0 aliphatic heterocycles. The van der Waals surface area contributed by atoms with Gasteiger partial charge in [0.15, 0.2) is 12.6 Å². The molecule has 0 aromatic rings. The SMILES string of the molecule is CCCCCCCCOC(CCCC(C)CC(C)CC(C)Cl)OC(CCCC(C)CC(C)CC(C)Cl)OCCCCCCCC. The molecule has 0 saturated carbocycles. The fraction of sp³-hybridized carbons (Fsp3) is 1.00. The van der Waals surface area contributed by atoms with E-state index in [1.54, 1.807) is 0 Å². The largest absolute Gasteiger partial charge is 0.353 e. The van der Waals surface area contributed by atoms with Crippen molar-refractivity contribution in [2.75, 3.05) is 13.2 Å². The Balaban J connectivity index is 5.08. The molecule has 45 heavy (non-hydrogen) atoms. The molecule has 0 spiro atoms. The van der Waals surface area contributed by atoms with Gasteiger partial charge in [-0.1, -0.05) is 119 Å². The second-order valence-electron chi connectivity index (χ2n) is 15.1. The van der Waals surface area contributed by atoms with E-state index in [1.165, 1.54) is 89.9 Å². The maximum absolute atomic E-state index is 6.69. The molecule has 3 nitrogen and oxygen atoms in total. The summed E-state index contributed by atoms with van der Waals surface area (Å²) >= 11 is 12.5. The van der Waals surface area contributed by atoms with Crippen LogP contribution in [-0.2, 0) is 14.2 Å². The van der Waals surface area contributed by atoms with Crippen LogP contribution >= 0.6 is 23.2 Å². The molecule has 8 atom stereocenters. The molecule has 0 aliphatic carbocycles. The van der Waals surface area contributed by atoms with Crippen LogP contribution in [0.3, 0.4) is 0 Å². The van der Waals surface area contributed by atoms with Crippen LogP contribution in [0.15, 0.2) is 0 Å². The molecule has 0 heterocycles. The summed E-state index contributed by atoms with van der Waals surface area (Å²) in [5, 5.41) is 0.517. The fourth-order valence-electron chi connectivity index (χ4n) is 6.92. The number of unbranched alkanes of at least 4 members (excludes halogenated alkanes) is 10. The number of hydrogen-bond acceptors (Lipinski definition) is 3. The highest BCUT2D eigenvalue weighted by molar-refractivity contribution is 6.20. The van der Waals surface area contributed by atoms with E-state index in [0.29, 0.717) is 23.7 Å². The Morgan fingerprint density at radius 2 is 0.756 bits per heavy atom. The molecule has 0 rings (SSSR count). The number of rotatable bonds is 34. The lowest BCUT2D eigenvalue weighted by Gasteiger charge is -2.27. The molecule has 0 amide bonds.